The summed E-state index contributed by atoms with van der Waals surface area (Å²) in [5.74, 6) is 0. The SMILES string of the molecule is Cc1cc(CC(O)c2ccc(Cl)c(Br)c2)n(C)n1. The van der Waals surface area contributed by atoms with Crippen molar-refractivity contribution in [3.8, 4) is 0 Å². The Kier molecular flexibility index (Phi) is 4.10. The number of nitrogens with zero attached hydrogens (tertiary/aromatic N) is 2. The maximum absolute atomic E-state index is 10.2. The number of hydrogen-bond donors (Lipinski definition) is 1. The van der Waals surface area contributed by atoms with Gasteiger partial charge < -0.3 is 5.11 Å². The normalized spacial score (nSPS) is 12.7. The lowest BCUT2D eigenvalue weighted by atomic mass is 10.0. The van der Waals surface area contributed by atoms with E-state index in [9.17, 15) is 5.11 Å². The first-order chi connectivity index (χ1) is 8.47. The van der Waals surface area contributed by atoms with Crippen LogP contribution in [-0.4, -0.2) is 14.9 Å². The van der Waals surface area contributed by atoms with E-state index in [-0.39, 0.29) is 0 Å². The topological polar surface area (TPSA) is 38.0 Å². The first-order valence-corrected chi connectivity index (χ1v) is 6.77. The molecule has 2 aromatic rings. The molecule has 0 bridgehead atoms. The molecule has 18 heavy (non-hydrogen) atoms. The molecule has 1 aromatic carbocycles. The van der Waals surface area contributed by atoms with E-state index >= 15 is 0 Å². The van der Waals surface area contributed by atoms with Crippen molar-refractivity contribution in [3.63, 3.8) is 0 Å². The van der Waals surface area contributed by atoms with Crippen molar-refractivity contribution in [3.05, 3.63) is 50.7 Å². The molecule has 0 radical (unpaired) electrons. The van der Waals surface area contributed by atoms with Crippen LogP contribution < -0.4 is 0 Å². The Labute approximate surface area is 120 Å². The van der Waals surface area contributed by atoms with Crippen molar-refractivity contribution < 1.29 is 5.11 Å². The first kappa shape index (κ1) is 13.6. The van der Waals surface area contributed by atoms with Crippen LogP contribution in [-0.2, 0) is 13.5 Å². The summed E-state index contributed by atoms with van der Waals surface area (Å²) in [6.45, 7) is 1.94. The Morgan fingerprint density at radius 1 is 1.44 bits per heavy atom. The minimum absolute atomic E-state index is 0.533. The number of halogens is 2. The highest BCUT2D eigenvalue weighted by Gasteiger charge is 2.13. The van der Waals surface area contributed by atoms with Crippen molar-refractivity contribution in [1.82, 2.24) is 9.78 Å². The van der Waals surface area contributed by atoms with E-state index in [0.717, 1.165) is 21.4 Å². The van der Waals surface area contributed by atoms with Crippen LogP contribution in [0.2, 0.25) is 5.02 Å². The predicted molar refractivity (Wildman–Crippen MR) is 75.8 cm³/mol. The number of aliphatic hydroxyl groups excluding tert-OH is 1. The molecule has 0 saturated carbocycles. The molecular formula is C13H14BrClN2O. The molecule has 2 rings (SSSR count). The van der Waals surface area contributed by atoms with Crippen LogP contribution in [0.4, 0.5) is 0 Å². The fourth-order valence-electron chi connectivity index (χ4n) is 1.89. The van der Waals surface area contributed by atoms with Crippen molar-refractivity contribution in [2.24, 2.45) is 7.05 Å². The highest BCUT2D eigenvalue weighted by Crippen LogP contribution is 2.27. The number of aryl methyl sites for hydroxylation is 2. The van der Waals surface area contributed by atoms with Crippen molar-refractivity contribution >= 4 is 27.5 Å². The number of aromatic nitrogens is 2. The standard InChI is InChI=1S/C13H14BrClN2O/c1-8-5-10(17(2)16-8)7-13(18)9-3-4-12(15)11(14)6-9/h3-6,13,18H,7H2,1-2H3. The van der Waals surface area contributed by atoms with Gasteiger partial charge in [-0.1, -0.05) is 17.7 Å². The second kappa shape index (κ2) is 5.43. The Hall–Kier alpha value is -0.840. The molecule has 1 heterocycles. The molecule has 3 nitrogen and oxygen atoms in total. The second-order valence-electron chi connectivity index (χ2n) is 4.29. The Morgan fingerprint density at radius 2 is 2.17 bits per heavy atom. The largest absolute Gasteiger partial charge is 0.388 e. The summed E-state index contributed by atoms with van der Waals surface area (Å²) in [6, 6.07) is 7.43. The monoisotopic (exact) mass is 328 g/mol. The minimum Gasteiger partial charge on any atom is -0.388 e. The van der Waals surface area contributed by atoms with E-state index in [4.69, 9.17) is 11.6 Å². The average molecular weight is 330 g/mol. The molecule has 0 saturated heterocycles. The number of benzene rings is 1. The molecule has 0 aliphatic carbocycles. The fourth-order valence-corrected chi connectivity index (χ4v) is 2.40. The number of rotatable bonds is 3. The van der Waals surface area contributed by atoms with Gasteiger partial charge in [-0.25, -0.2) is 0 Å². The third kappa shape index (κ3) is 2.94. The quantitative estimate of drug-likeness (QED) is 0.937. The molecule has 1 atom stereocenters. The van der Waals surface area contributed by atoms with E-state index in [1.807, 2.05) is 32.2 Å². The van der Waals surface area contributed by atoms with Gasteiger partial charge in [0, 0.05) is 23.6 Å². The molecule has 0 aliphatic heterocycles. The van der Waals surface area contributed by atoms with Gasteiger partial charge in [0.25, 0.3) is 0 Å². The summed E-state index contributed by atoms with van der Waals surface area (Å²) in [5, 5.41) is 15.1. The zero-order valence-electron chi connectivity index (χ0n) is 10.2. The highest BCUT2D eigenvalue weighted by atomic mass is 79.9. The predicted octanol–water partition coefficient (Wildman–Crippen LogP) is 3.42. The zero-order chi connectivity index (χ0) is 13.3. The van der Waals surface area contributed by atoms with E-state index < -0.39 is 6.10 Å². The zero-order valence-corrected chi connectivity index (χ0v) is 12.5. The summed E-state index contributed by atoms with van der Waals surface area (Å²) >= 11 is 9.29. The fraction of sp³-hybridized carbons (Fsp3) is 0.308. The van der Waals surface area contributed by atoms with Crippen LogP contribution >= 0.6 is 27.5 Å². The molecule has 0 fully saturated rings. The molecule has 0 amide bonds. The van der Waals surface area contributed by atoms with Gasteiger partial charge in [-0.3, -0.25) is 4.68 Å². The van der Waals surface area contributed by atoms with Gasteiger partial charge in [0.2, 0.25) is 0 Å². The second-order valence-corrected chi connectivity index (χ2v) is 5.56. The molecule has 96 valence electrons. The van der Waals surface area contributed by atoms with Gasteiger partial charge in [-0.2, -0.15) is 5.10 Å². The molecule has 0 spiro atoms. The van der Waals surface area contributed by atoms with E-state index in [0.29, 0.717) is 11.4 Å². The summed E-state index contributed by atoms with van der Waals surface area (Å²) < 4.78 is 2.59. The van der Waals surface area contributed by atoms with E-state index in [2.05, 4.69) is 21.0 Å². The summed E-state index contributed by atoms with van der Waals surface area (Å²) in [4.78, 5) is 0. The third-order valence-corrected chi connectivity index (χ3v) is 4.04. The van der Waals surface area contributed by atoms with E-state index in [1.165, 1.54) is 0 Å². The lowest BCUT2D eigenvalue weighted by Crippen LogP contribution is -2.06. The Bertz CT molecular complexity index is 568. The molecule has 1 N–H and O–H groups in total. The van der Waals surface area contributed by atoms with Gasteiger partial charge in [0.15, 0.2) is 0 Å². The van der Waals surface area contributed by atoms with E-state index in [1.54, 1.807) is 10.7 Å². The van der Waals surface area contributed by atoms with Gasteiger partial charge in [-0.15, -0.1) is 0 Å². The van der Waals surface area contributed by atoms with Crippen LogP contribution in [0.25, 0.3) is 0 Å². The summed E-state index contributed by atoms with van der Waals surface area (Å²) in [7, 11) is 1.88. The minimum atomic E-state index is -0.562. The maximum Gasteiger partial charge on any atom is 0.0845 e. The molecule has 5 heteroatoms. The van der Waals surface area contributed by atoms with Crippen molar-refractivity contribution in [2.75, 3.05) is 0 Å². The Balaban J connectivity index is 2.19. The van der Waals surface area contributed by atoms with Gasteiger partial charge in [-0.05, 0) is 46.6 Å². The molecule has 0 aliphatic rings. The average Bonchev–Trinajstić information content (AvgIpc) is 2.61. The van der Waals surface area contributed by atoms with Crippen molar-refractivity contribution in [2.45, 2.75) is 19.4 Å². The van der Waals surface area contributed by atoms with Crippen LogP contribution in [0.3, 0.4) is 0 Å². The van der Waals surface area contributed by atoms with Crippen LogP contribution in [0, 0.1) is 6.92 Å². The third-order valence-electron chi connectivity index (χ3n) is 2.83. The lowest BCUT2D eigenvalue weighted by molar-refractivity contribution is 0.175. The van der Waals surface area contributed by atoms with Gasteiger partial charge >= 0.3 is 0 Å². The van der Waals surface area contributed by atoms with Gasteiger partial charge in [0.05, 0.1) is 16.8 Å². The molecular weight excluding hydrogens is 316 g/mol. The molecule has 1 aromatic heterocycles. The lowest BCUT2D eigenvalue weighted by Gasteiger charge is -2.12. The van der Waals surface area contributed by atoms with Gasteiger partial charge in [0.1, 0.15) is 0 Å². The van der Waals surface area contributed by atoms with Crippen LogP contribution in [0.15, 0.2) is 28.7 Å². The highest BCUT2D eigenvalue weighted by molar-refractivity contribution is 9.10. The number of aliphatic hydroxyl groups is 1. The molecule has 1 unspecified atom stereocenters. The smallest absolute Gasteiger partial charge is 0.0845 e. The summed E-state index contributed by atoms with van der Waals surface area (Å²) in [6.07, 6.45) is -0.0286. The number of hydrogen-bond acceptors (Lipinski definition) is 2. The van der Waals surface area contributed by atoms with Crippen molar-refractivity contribution in [1.29, 1.82) is 0 Å². The maximum atomic E-state index is 10.2. The van der Waals surface area contributed by atoms with Crippen LogP contribution in [0.1, 0.15) is 23.1 Å². The van der Waals surface area contributed by atoms with Crippen LogP contribution in [0.5, 0.6) is 0 Å². The summed E-state index contributed by atoms with van der Waals surface area (Å²) in [5.41, 5.74) is 2.80. The first-order valence-electron chi connectivity index (χ1n) is 5.60. The Morgan fingerprint density at radius 3 is 2.72 bits per heavy atom.